The minimum Gasteiger partial charge on any atom is -0.550 e. The van der Waals surface area contributed by atoms with Crippen LogP contribution in [0.1, 0.15) is 5.69 Å². The summed E-state index contributed by atoms with van der Waals surface area (Å²) in [5, 5.41) is 20.5. The molecule has 0 amide bonds. The second-order valence-corrected chi connectivity index (χ2v) is 4.90. The third-order valence-corrected chi connectivity index (χ3v) is 3.21. The molecule has 0 aliphatic rings. The second kappa shape index (κ2) is 5.92. The molecule has 0 aliphatic carbocycles. The maximum absolute atomic E-state index is 13.0. The van der Waals surface area contributed by atoms with Gasteiger partial charge in [-0.2, -0.15) is 0 Å². The molecule has 0 spiro atoms. The topological polar surface area (TPSA) is 86.4 Å². The number of halogens is 1. The number of benzene rings is 2. The van der Waals surface area contributed by atoms with Gasteiger partial charge in [0.25, 0.3) is 0 Å². The smallest absolute Gasteiger partial charge is 0.227 e. The van der Waals surface area contributed by atoms with Gasteiger partial charge in [0.15, 0.2) is 5.76 Å². The fourth-order valence-electron chi connectivity index (χ4n) is 2.20. The van der Waals surface area contributed by atoms with Gasteiger partial charge in [-0.1, -0.05) is 12.1 Å². The molecule has 1 heterocycles. The van der Waals surface area contributed by atoms with Crippen molar-refractivity contribution in [3.63, 3.8) is 0 Å². The van der Waals surface area contributed by atoms with Gasteiger partial charge >= 0.3 is 0 Å². The number of oxazole rings is 1. The van der Waals surface area contributed by atoms with Crippen LogP contribution in [0.25, 0.3) is 22.8 Å². The van der Waals surface area contributed by atoms with Gasteiger partial charge < -0.3 is 19.4 Å². The Labute approximate surface area is 130 Å². The van der Waals surface area contributed by atoms with E-state index < -0.39 is 18.2 Å². The number of carboxylic acids is 1. The van der Waals surface area contributed by atoms with E-state index >= 15 is 0 Å². The third-order valence-electron chi connectivity index (χ3n) is 3.21. The van der Waals surface area contributed by atoms with Crippen LogP contribution in [0.2, 0.25) is 0 Å². The Morgan fingerprint density at radius 2 is 1.91 bits per heavy atom. The largest absolute Gasteiger partial charge is 0.550 e. The Morgan fingerprint density at radius 3 is 2.57 bits per heavy atom. The van der Waals surface area contributed by atoms with Crippen molar-refractivity contribution in [3.8, 4) is 28.5 Å². The monoisotopic (exact) mass is 312 g/mol. The van der Waals surface area contributed by atoms with Crippen LogP contribution in [-0.4, -0.2) is 16.1 Å². The van der Waals surface area contributed by atoms with Gasteiger partial charge in [-0.15, -0.1) is 0 Å². The number of aliphatic carboxylic acids is 1. The number of phenolic OH excluding ortho intramolecular Hbond substituents is 1. The lowest BCUT2D eigenvalue weighted by atomic mass is 10.1. The number of carboxylic acid groups (broad SMARTS) is 1. The highest BCUT2D eigenvalue weighted by molar-refractivity contribution is 5.73. The Kier molecular flexibility index (Phi) is 3.80. The lowest BCUT2D eigenvalue weighted by Crippen LogP contribution is -2.24. The van der Waals surface area contributed by atoms with Crippen LogP contribution in [0.3, 0.4) is 0 Å². The molecule has 3 rings (SSSR count). The van der Waals surface area contributed by atoms with Gasteiger partial charge in [-0.25, -0.2) is 9.37 Å². The van der Waals surface area contributed by atoms with Crippen LogP contribution in [0.15, 0.2) is 52.9 Å². The first-order valence-electron chi connectivity index (χ1n) is 6.78. The summed E-state index contributed by atoms with van der Waals surface area (Å²) in [6.07, 6.45) is -0.435. The van der Waals surface area contributed by atoms with E-state index in [-0.39, 0.29) is 23.1 Å². The van der Waals surface area contributed by atoms with Gasteiger partial charge in [0.1, 0.15) is 11.6 Å². The van der Waals surface area contributed by atoms with Crippen molar-refractivity contribution in [2.75, 3.05) is 0 Å². The molecule has 5 nitrogen and oxygen atoms in total. The predicted octanol–water partition coefficient (Wildman–Crippen LogP) is 2.15. The number of aromatic nitrogens is 1. The normalized spacial score (nSPS) is 10.7. The Balaban J connectivity index is 2.10. The second-order valence-electron chi connectivity index (χ2n) is 4.90. The van der Waals surface area contributed by atoms with E-state index in [4.69, 9.17) is 4.42 Å². The van der Waals surface area contributed by atoms with Crippen LogP contribution in [0.5, 0.6) is 5.75 Å². The quantitative estimate of drug-likeness (QED) is 0.797. The standard InChI is InChI=1S/C17H12FNO4/c18-12-6-4-10(5-7-12)17-19-14(9-15(21)22)16(23-17)11-2-1-3-13(20)8-11/h1-8,20H,9H2,(H,21,22)/p-1. The summed E-state index contributed by atoms with van der Waals surface area (Å²) in [6, 6.07) is 11.7. The van der Waals surface area contributed by atoms with Crippen LogP contribution in [0.4, 0.5) is 4.39 Å². The molecule has 6 heteroatoms. The van der Waals surface area contributed by atoms with Crippen molar-refractivity contribution >= 4 is 5.97 Å². The molecular formula is C17H11FNO4-. The lowest BCUT2D eigenvalue weighted by molar-refractivity contribution is -0.304. The fourth-order valence-corrected chi connectivity index (χ4v) is 2.20. The van der Waals surface area contributed by atoms with Crippen molar-refractivity contribution in [2.24, 2.45) is 0 Å². The van der Waals surface area contributed by atoms with Gasteiger partial charge in [-0.05, 0) is 36.4 Å². The molecule has 0 unspecified atom stereocenters. The Bertz CT molecular complexity index is 855. The number of hydrogen-bond acceptors (Lipinski definition) is 5. The highest BCUT2D eigenvalue weighted by atomic mass is 19.1. The molecule has 0 saturated carbocycles. The van der Waals surface area contributed by atoms with E-state index in [0.29, 0.717) is 11.1 Å². The van der Waals surface area contributed by atoms with Crippen LogP contribution in [-0.2, 0) is 11.2 Å². The molecule has 1 N–H and O–H groups in total. The predicted molar refractivity (Wildman–Crippen MR) is 77.7 cm³/mol. The van der Waals surface area contributed by atoms with Crippen molar-refractivity contribution in [2.45, 2.75) is 6.42 Å². The molecule has 2 aromatic carbocycles. The van der Waals surface area contributed by atoms with Crippen LogP contribution in [0, 0.1) is 5.82 Å². The summed E-state index contributed by atoms with van der Waals surface area (Å²) >= 11 is 0. The zero-order valence-corrected chi connectivity index (χ0v) is 11.8. The number of carbonyl (C=O) groups is 1. The minimum atomic E-state index is -1.30. The summed E-state index contributed by atoms with van der Waals surface area (Å²) in [6.45, 7) is 0. The van der Waals surface area contributed by atoms with Gasteiger partial charge in [-0.3, -0.25) is 0 Å². The molecule has 0 bridgehead atoms. The molecule has 23 heavy (non-hydrogen) atoms. The maximum Gasteiger partial charge on any atom is 0.227 e. The average molecular weight is 312 g/mol. The third kappa shape index (κ3) is 3.21. The molecule has 116 valence electrons. The number of aromatic hydroxyl groups is 1. The van der Waals surface area contributed by atoms with E-state index in [1.54, 1.807) is 12.1 Å². The number of carbonyl (C=O) groups excluding carboxylic acids is 1. The minimum absolute atomic E-state index is 0.0154. The molecule has 0 radical (unpaired) electrons. The van der Waals surface area contributed by atoms with Gasteiger partial charge in [0.05, 0.1) is 5.69 Å². The molecular weight excluding hydrogens is 301 g/mol. The maximum atomic E-state index is 13.0. The van der Waals surface area contributed by atoms with Gasteiger partial charge in [0, 0.05) is 23.5 Å². The number of nitrogens with zero attached hydrogens (tertiary/aromatic N) is 1. The van der Waals surface area contributed by atoms with Crippen LogP contribution < -0.4 is 5.11 Å². The molecule has 0 aliphatic heterocycles. The Morgan fingerprint density at radius 1 is 1.17 bits per heavy atom. The summed E-state index contributed by atoms with van der Waals surface area (Å²) in [4.78, 5) is 15.1. The van der Waals surface area contributed by atoms with E-state index in [1.165, 1.54) is 36.4 Å². The SMILES string of the molecule is O=C([O-])Cc1nc(-c2ccc(F)cc2)oc1-c1cccc(O)c1. The number of phenols is 1. The highest BCUT2D eigenvalue weighted by Gasteiger charge is 2.17. The van der Waals surface area contributed by atoms with Gasteiger partial charge in [0.2, 0.25) is 5.89 Å². The first-order chi connectivity index (χ1) is 11.0. The summed E-state index contributed by atoms with van der Waals surface area (Å²) in [5.74, 6) is -1.29. The van der Waals surface area contributed by atoms with Crippen molar-refractivity contribution in [1.29, 1.82) is 0 Å². The first-order valence-corrected chi connectivity index (χ1v) is 6.78. The molecule has 0 saturated heterocycles. The molecule has 0 fully saturated rings. The zero-order chi connectivity index (χ0) is 16.4. The number of rotatable bonds is 4. The summed E-state index contributed by atoms with van der Waals surface area (Å²) in [7, 11) is 0. The van der Waals surface area contributed by atoms with E-state index in [9.17, 15) is 19.4 Å². The first kappa shape index (κ1) is 14.8. The summed E-state index contributed by atoms with van der Waals surface area (Å²) in [5.41, 5.74) is 1.18. The summed E-state index contributed by atoms with van der Waals surface area (Å²) < 4.78 is 18.7. The molecule has 0 atom stereocenters. The Hall–Kier alpha value is -3.15. The molecule has 1 aromatic heterocycles. The molecule has 3 aromatic rings. The van der Waals surface area contributed by atoms with Crippen LogP contribution >= 0.6 is 0 Å². The fraction of sp³-hybridized carbons (Fsp3) is 0.0588. The van der Waals surface area contributed by atoms with Crippen molar-refractivity contribution in [3.05, 3.63) is 60.0 Å². The van der Waals surface area contributed by atoms with E-state index in [1.807, 2.05) is 0 Å². The van der Waals surface area contributed by atoms with Crippen molar-refractivity contribution < 1.29 is 23.8 Å². The lowest BCUT2D eigenvalue weighted by Gasteiger charge is -2.02. The van der Waals surface area contributed by atoms with Crippen molar-refractivity contribution in [1.82, 2.24) is 4.98 Å². The van der Waals surface area contributed by atoms with E-state index in [0.717, 1.165) is 0 Å². The highest BCUT2D eigenvalue weighted by Crippen LogP contribution is 2.31. The van der Waals surface area contributed by atoms with E-state index in [2.05, 4.69) is 4.98 Å². The number of hydrogen-bond donors (Lipinski definition) is 1. The average Bonchev–Trinajstić information content (AvgIpc) is 2.91. The zero-order valence-electron chi connectivity index (χ0n) is 11.8.